The van der Waals surface area contributed by atoms with Gasteiger partial charge in [0.05, 0.1) is 0 Å². The van der Waals surface area contributed by atoms with Crippen LogP contribution in [-0.4, -0.2) is 40.5 Å². The molecule has 0 atom stereocenters. The molecule has 0 bridgehead atoms. The monoisotopic (exact) mass is 250 g/mol. The predicted octanol–water partition coefficient (Wildman–Crippen LogP) is 1.86. The topological polar surface area (TPSA) is 41.1 Å². The first-order valence-corrected chi connectivity index (χ1v) is 6.91. The Hall–Kier alpha value is -1.00. The highest BCUT2D eigenvalue weighted by atomic mass is 15.1. The summed E-state index contributed by atoms with van der Waals surface area (Å²) < 4.78 is 0. The van der Waals surface area contributed by atoms with Crippen molar-refractivity contribution in [1.29, 1.82) is 0 Å². The zero-order chi connectivity index (χ0) is 13.4. The summed E-state index contributed by atoms with van der Waals surface area (Å²) in [6.07, 6.45) is 4.79. The van der Waals surface area contributed by atoms with Crippen LogP contribution in [0.1, 0.15) is 39.1 Å². The van der Waals surface area contributed by atoms with Gasteiger partial charge in [0.25, 0.3) is 0 Å². The number of nitrogens with one attached hydrogen (secondary N) is 1. The smallest absolute Gasteiger partial charge is 0.129 e. The lowest BCUT2D eigenvalue weighted by Gasteiger charge is -2.17. The predicted molar refractivity (Wildman–Crippen MR) is 75.5 cm³/mol. The third-order valence-corrected chi connectivity index (χ3v) is 3.02. The van der Waals surface area contributed by atoms with E-state index in [1.54, 1.807) is 0 Å². The highest BCUT2D eigenvalue weighted by Gasteiger charge is 2.02. The van der Waals surface area contributed by atoms with Gasteiger partial charge in [-0.05, 0) is 13.1 Å². The number of likely N-dealkylation sites (N-methyl/N-ethyl adjacent to an activating group) is 1. The van der Waals surface area contributed by atoms with E-state index in [1.165, 1.54) is 0 Å². The van der Waals surface area contributed by atoms with Crippen LogP contribution in [0.4, 0.5) is 0 Å². The summed E-state index contributed by atoms with van der Waals surface area (Å²) in [6.45, 7) is 12.7. The average Bonchev–Trinajstić information content (AvgIpc) is 2.39. The Morgan fingerprint density at radius 2 is 1.78 bits per heavy atom. The van der Waals surface area contributed by atoms with Crippen LogP contribution in [0.3, 0.4) is 0 Å². The van der Waals surface area contributed by atoms with Gasteiger partial charge >= 0.3 is 0 Å². The van der Waals surface area contributed by atoms with E-state index in [-0.39, 0.29) is 0 Å². The second-order valence-electron chi connectivity index (χ2n) is 4.82. The molecule has 0 spiro atoms. The minimum absolute atomic E-state index is 0.493. The van der Waals surface area contributed by atoms with E-state index in [1.807, 2.05) is 12.4 Å². The van der Waals surface area contributed by atoms with E-state index in [4.69, 9.17) is 0 Å². The van der Waals surface area contributed by atoms with E-state index in [0.29, 0.717) is 6.04 Å². The molecule has 1 N–H and O–H groups in total. The molecule has 0 aliphatic heterocycles. The highest BCUT2D eigenvalue weighted by molar-refractivity contribution is 5.05. The molecular formula is C14H26N4. The zero-order valence-corrected chi connectivity index (χ0v) is 12.1. The molecule has 4 heteroatoms. The van der Waals surface area contributed by atoms with Crippen LogP contribution in [0.25, 0.3) is 0 Å². The van der Waals surface area contributed by atoms with Gasteiger partial charge in [-0.15, -0.1) is 0 Å². The highest BCUT2D eigenvalue weighted by Crippen LogP contribution is 1.99. The molecule has 18 heavy (non-hydrogen) atoms. The van der Waals surface area contributed by atoms with Crippen LogP contribution in [0.2, 0.25) is 0 Å². The minimum Gasteiger partial charge on any atom is -0.310 e. The molecule has 1 rings (SSSR count). The Labute approximate surface area is 111 Å². The molecule has 1 heterocycles. The van der Waals surface area contributed by atoms with E-state index in [0.717, 1.165) is 44.0 Å². The largest absolute Gasteiger partial charge is 0.310 e. The summed E-state index contributed by atoms with van der Waals surface area (Å²) in [4.78, 5) is 11.2. The maximum atomic E-state index is 4.42. The molecule has 0 unspecified atom stereocenters. The Bertz CT molecular complexity index is 317. The van der Waals surface area contributed by atoms with Crippen molar-refractivity contribution in [3.05, 3.63) is 23.8 Å². The standard InChI is InChI=1S/C14H26N4/c1-5-18(6-2)8-7-14-16-10-13(11-17-14)9-15-12(3)4/h10-12,15H,5-9H2,1-4H3. The van der Waals surface area contributed by atoms with Crippen molar-refractivity contribution in [1.82, 2.24) is 20.2 Å². The van der Waals surface area contributed by atoms with Gasteiger partial charge in [0.2, 0.25) is 0 Å². The molecule has 0 aliphatic carbocycles. The average molecular weight is 250 g/mol. The molecule has 0 fully saturated rings. The molecule has 0 radical (unpaired) electrons. The van der Waals surface area contributed by atoms with Gasteiger partial charge in [-0.1, -0.05) is 27.7 Å². The SMILES string of the molecule is CCN(CC)CCc1ncc(CNC(C)C)cn1. The quantitative estimate of drug-likeness (QED) is 0.764. The molecule has 1 aromatic heterocycles. The van der Waals surface area contributed by atoms with Crippen molar-refractivity contribution in [2.45, 2.75) is 46.7 Å². The molecule has 0 saturated carbocycles. The Morgan fingerprint density at radius 1 is 1.17 bits per heavy atom. The first-order valence-electron chi connectivity index (χ1n) is 6.91. The van der Waals surface area contributed by atoms with Crippen LogP contribution in [-0.2, 0) is 13.0 Å². The molecule has 0 amide bonds. The van der Waals surface area contributed by atoms with Crippen molar-refractivity contribution >= 4 is 0 Å². The van der Waals surface area contributed by atoms with Crippen LogP contribution < -0.4 is 5.32 Å². The Kier molecular flexibility index (Phi) is 6.83. The lowest BCUT2D eigenvalue weighted by atomic mass is 10.3. The molecular weight excluding hydrogens is 224 g/mol. The van der Waals surface area contributed by atoms with Crippen LogP contribution in [0, 0.1) is 0 Å². The second kappa shape index (κ2) is 8.16. The van der Waals surface area contributed by atoms with Crippen molar-refractivity contribution in [2.24, 2.45) is 0 Å². The fraction of sp³-hybridized carbons (Fsp3) is 0.714. The summed E-state index contributed by atoms with van der Waals surface area (Å²) >= 11 is 0. The number of hydrogen-bond acceptors (Lipinski definition) is 4. The van der Waals surface area contributed by atoms with Gasteiger partial charge in [-0.2, -0.15) is 0 Å². The van der Waals surface area contributed by atoms with Crippen molar-refractivity contribution < 1.29 is 0 Å². The van der Waals surface area contributed by atoms with Crippen LogP contribution in [0.5, 0.6) is 0 Å². The number of rotatable bonds is 8. The van der Waals surface area contributed by atoms with E-state index in [2.05, 4.69) is 47.9 Å². The Balaban J connectivity index is 2.40. The minimum atomic E-state index is 0.493. The first-order chi connectivity index (χ1) is 8.65. The van der Waals surface area contributed by atoms with E-state index in [9.17, 15) is 0 Å². The van der Waals surface area contributed by atoms with E-state index < -0.39 is 0 Å². The molecule has 0 saturated heterocycles. The maximum Gasteiger partial charge on any atom is 0.129 e. The number of nitrogens with zero attached hydrogens (tertiary/aromatic N) is 3. The fourth-order valence-electron chi connectivity index (χ4n) is 1.72. The van der Waals surface area contributed by atoms with E-state index >= 15 is 0 Å². The van der Waals surface area contributed by atoms with Gasteiger partial charge in [-0.3, -0.25) is 0 Å². The second-order valence-corrected chi connectivity index (χ2v) is 4.82. The lowest BCUT2D eigenvalue weighted by molar-refractivity contribution is 0.305. The third-order valence-electron chi connectivity index (χ3n) is 3.02. The van der Waals surface area contributed by atoms with Crippen LogP contribution >= 0.6 is 0 Å². The van der Waals surface area contributed by atoms with Gasteiger partial charge in [0, 0.05) is 43.5 Å². The summed E-state index contributed by atoms with van der Waals surface area (Å²) in [5.41, 5.74) is 1.15. The van der Waals surface area contributed by atoms with Gasteiger partial charge < -0.3 is 10.2 Å². The van der Waals surface area contributed by atoms with Gasteiger partial charge in [0.15, 0.2) is 0 Å². The van der Waals surface area contributed by atoms with Crippen molar-refractivity contribution in [3.63, 3.8) is 0 Å². The fourth-order valence-corrected chi connectivity index (χ4v) is 1.72. The van der Waals surface area contributed by atoms with Gasteiger partial charge in [0.1, 0.15) is 5.82 Å². The normalized spacial score (nSPS) is 11.4. The summed E-state index contributed by atoms with van der Waals surface area (Å²) in [5.74, 6) is 0.940. The number of aromatic nitrogens is 2. The third kappa shape index (κ3) is 5.56. The Morgan fingerprint density at radius 3 is 2.28 bits per heavy atom. The first kappa shape index (κ1) is 15.1. The molecule has 0 aliphatic rings. The molecule has 0 aromatic carbocycles. The van der Waals surface area contributed by atoms with Crippen LogP contribution in [0.15, 0.2) is 12.4 Å². The van der Waals surface area contributed by atoms with Gasteiger partial charge in [-0.25, -0.2) is 9.97 Å². The number of hydrogen-bond donors (Lipinski definition) is 1. The summed E-state index contributed by atoms with van der Waals surface area (Å²) in [6, 6.07) is 0.493. The summed E-state index contributed by atoms with van der Waals surface area (Å²) in [5, 5.41) is 3.36. The summed E-state index contributed by atoms with van der Waals surface area (Å²) in [7, 11) is 0. The molecule has 1 aromatic rings. The van der Waals surface area contributed by atoms with Crippen molar-refractivity contribution in [3.8, 4) is 0 Å². The zero-order valence-electron chi connectivity index (χ0n) is 12.1. The lowest BCUT2D eigenvalue weighted by Crippen LogP contribution is -2.26. The maximum absolute atomic E-state index is 4.42. The molecule has 4 nitrogen and oxygen atoms in total. The molecule has 102 valence electrons. The van der Waals surface area contributed by atoms with Crippen molar-refractivity contribution in [2.75, 3.05) is 19.6 Å².